The average Bonchev–Trinajstić information content (AvgIpc) is 3.60. The lowest BCUT2D eigenvalue weighted by molar-refractivity contribution is -0.117. The van der Waals surface area contributed by atoms with E-state index < -0.39 is 15.9 Å². The molecule has 2 fully saturated rings. The van der Waals surface area contributed by atoms with E-state index in [0.717, 1.165) is 32.1 Å². The second-order valence-corrected chi connectivity index (χ2v) is 9.67. The zero-order chi connectivity index (χ0) is 21.1. The van der Waals surface area contributed by atoms with Crippen LogP contribution in [0.25, 0.3) is 0 Å². The number of benzene rings is 2. The first-order valence-electron chi connectivity index (χ1n) is 10.3. The Morgan fingerprint density at radius 2 is 1.53 bits per heavy atom. The summed E-state index contributed by atoms with van der Waals surface area (Å²) in [6.45, 7) is 0.946. The van der Waals surface area contributed by atoms with Crippen LogP contribution in [0.3, 0.4) is 0 Å². The van der Waals surface area contributed by atoms with E-state index in [4.69, 9.17) is 0 Å². The molecule has 0 atom stereocenters. The van der Waals surface area contributed by atoms with Gasteiger partial charge in [-0.05, 0) is 56.0 Å². The zero-order valence-corrected chi connectivity index (χ0v) is 17.5. The molecule has 2 N–H and O–H groups in total. The number of nitrogens with one attached hydrogen (secondary N) is 2. The Morgan fingerprint density at radius 3 is 2.23 bits per heavy atom. The number of carbonyl (C=O) groups is 2. The van der Waals surface area contributed by atoms with Crippen LogP contribution in [0.1, 0.15) is 42.5 Å². The number of sulfonamides is 1. The first kappa shape index (κ1) is 20.6. The molecule has 1 saturated carbocycles. The number of hydrogen-bond donors (Lipinski definition) is 2. The highest BCUT2D eigenvalue weighted by Gasteiger charge is 2.30. The summed E-state index contributed by atoms with van der Waals surface area (Å²) >= 11 is 0. The minimum Gasteiger partial charge on any atom is -0.326 e. The molecule has 158 valence electrons. The highest BCUT2D eigenvalue weighted by atomic mass is 32.2. The fraction of sp³-hybridized carbons (Fsp3) is 0.364. The van der Waals surface area contributed by atoms with Crippen molar-refractivity contribution >= 4 is 33.2 Å². The molecule has 1 saturated heterocycles. The maximum atomic E-state index is 13.1. The Hall–Kier alpha value is -2.71. The van der Waals surface area contributed by atoms with Crippen LogP contribution in [0.5, 0.6) is 0 Å². The highest BCUT2D eigenvalue weighted by molar-refractivity contribution is 7.89. The van der Waals surface area contributed by atoms with Gasteiger partial charge in [0.15, 0.2) is 0 Å². The van der Waals surface area contributed by atoms with Gasteiger partial charge in [-0.3, -0.25) is 9.59 Å². The first-order valence-corrected chi connectivity index (χ1v) is 11.7. The summed E-state index contributed by atoms with van der Waals surface area (Å²) < 4.78 is 27.7. The largest absolute Gasteiger partial charge is 0.326 e. The number of amides is 2. The fourth-order valence-corrected chi connectivity index (χ4v) is 5.29. The molecule has 0 radical (unpaired) electrons. The van der Waals surface area contributed by atoms with Gasteiger partial charge in [0.25, 0.3) is 5.91 Å². The number of hydrogen-bond acceptors (Lipinski definition) is 4. The summed E-state index contributed by atoms with van der Waals surface area (Å²) in [4.78, 5) is 24.9. The predicted molar refractivity (Wildman–Crippen MR) is 115 cm³/mol. The van der Waals surface area contributed by atoms with Crippen molar-refractivity contribution < 1.29 is 18.0 Å². The quantitative estimate of drug-likeness (QED) is 0.738. The number of rotatable bonds is 6. The van der Waals surface area contributed by atoms with Crippen molar-refractivity contribution in [3.05, 3.63) is 54.1 Å². The van der Waals surface area contributed by atoms with E-state index in [1.807, 2.05) is 0 Å². The molecule has 8 heteroatoms. The third kappa shape index (κ3) is 4.55. The van der Waals surface area contributed by atoms with Gasteiger partial charge < -0.3 is 10.6 Å². The van der Waals surface area contributed by atoms with Crippen molar-refractivity contribution in [1.82, 2.24) is 4.31 Å². The molecule has 2 aromatic carbocycles. The van der Waals surface area contributed by atoms with E-state index in [0.29, 0.717) is 24.5 Å². The van der Waals surface area contributed by atoms with Gasteiger partial charge in [0, 0.05) is 30.4 Å². The van der Waals surface area contributed by atoms with Crippen molar-refractivity contribution in [2.75, 3.05) is 23.7 Å². The van der Waals surface area contributed by atoms with Gasteiger partial charge in [-0.2, -0.15) is 4.31 Å². The smallest absolute Gasteiger partial charge is 0.257 e. The van der Waals surface area contributed by atoms with Crippen LogP contribution in [0.2, 0.25) is 0 Å². The van der Waals surface area contributed by atoms with Gasteiger partial charge >= 0.3 is 0 Å². The van der Waals surface area contributed by atoms with E-state index in [1.165, 1.54) is 16.4 Å². The third-order valence-electron chi connectivity index (χ3n) is 5.40. The van der Waals surface area contributed by atoms with Gasteiger partial charge in [-0.1, -0.05) is 24.6 Å². The molecule has 30 heavy (non-hydrogen) atoms. The maximum Gasteiger partial charge on any atom is 0.257 e. The van der Waals surface area contributed by atoms with Gasteiger partial charge in [-0.15, -0.1) is 0 Å². The SMILES string of the molecule is O=C(Nc1cccc(NC(=O)C2CC2)c1)c1ccccc1S(=O)(=O)N1CCCCC1. The first-order chi connectivity index (χ1) is 14.4. The van der Waals surface area contributed by atoms with Gasteiger partial charge in [0.2, 0.25) is 15.9 Å². The molecule has 1 aliphatic heterocycles. The molecule has 2 aliphatic rings. The molecule has 2 amide bonds. The summed E-state index contributed by atoms with van der Waals surface area (Å²) in [6.07, 6.45) is 4.48. The molecule has 0 unspecified atom stereocenters. The van der Waals surface area contributed by atoms with Crippen molar-refractivity contribution in [1.29, 1.82) is 0 Å². The second kappa shape index (κ2) is 8.57. The molecule has 4 rings (SSSR count). The standard InChI is InChI=1S/C22H25N3O4S/c26-21(16-11-12-16)23-17-7-6-8-18(15-17)24-22(27)19-9-2-3-10-20(19)30(28,29)25-13-4-1-5-14-25/h2-3,6-10,15-16H,1,4-5,11-14H2,(H,23,26)(H,24,27). The highest BCUT2D eigenvalue weighted by Crippen LogP contribution is 2.30. The minimum absolute atomic E-state index is 0.0163. The Labute approximate surface area is 176 Å². The van der Waals surface area contributed by atoms with Gasteiger partial charge in [-0.25, -0.2) is 8.42 Å². The topological polar surface area (TPSA) is 95.6 Å². The maximum absolute atomic E-state index is 13.1. The molecule has 1 aliphatic carbocycles. The average molecular weight is 428 g/mol. The van der Waals surface area contributed by atoms with E-state index in [2.05, 4.69) is 10.6 Å². The molecule has 2 aromatic rings. The summed E-state index contributed by atoms with van der Waals surface area (Å²) in [6, 6.07) is 13.1. The monoisotopic (exact) mass is 427 g/mol. The number of carbonyl (C=O) groups excluding carboxylic acids is 2. The van der Waals surface area contributed by atoms with Crippen LogP contribution in [-0.4, -0.2) is 37.6 Å². The summed E-state index contributed by atoms with van der Waals surface area (Å²) in [5, 5.41) is 5.60. The molecule has 0 spiro atoms. The number of piperidine rings is 1. The van der Waals surface area contributed by atoms with Crippen LogP contribution in [0.4, 0.5) is 11.4 Å². The van der Waals surface area contributed by atoms with Crippen LogP contribution in [0.15, 0.2) is 53.4 Å². The van der Waals surface area contributed by atoms with Crippen molar-refractivity contribution in [3.8, 4) is 0 Å². The minimum atomic E-state index is -3.74. The molecule has 0 bridgehead atoms. The zero-order valence-electron chi connectivity index (χ0n) is 16.6. The van der Waals surface area contributed by atoms with Gasteiger partial charge in [0.05, 0.1) is 10.5 Å². The molecule has 0 aromatic heterocycles. The van der Waals surface area contributed by atoms with Crippen LogP contribution < -0.4 is 10.6 Å². The number of nitrogens with zero attached hydrogens (tertiary/aromatic N) is 1. The van der Waals surface area contributed by atoms with Crippen molar-refractivity contribution in [2.24, 2.45) is 5.92 Å². The van der Waals surface area contributed by atoms with E-state index in [-0.39, 0.29) is 22.3 Å². The fourth-order valence-electron chi connectivity index (χ4n) is 3.59. The van der Waals surface area contributed by atoms with E-state index in [1.54, 1.807) is 36.4 Å². The van der Waals surface area contributed by atoms with E-state index in [9.17, 15) is 18.0 Å². The Balaban J connectivity index is 1.54. The summed E-state index contributed by atoms with van der Waals surface area (Å²) in [5.74, 6) is -0.441. The summed E-state index contributed by atoms with van der Waals surface area (Å²) in [5.41, 5.74) is 1.19. The Morgan fingerprint density at radius 1 is 0.867 bits per heavy atom. The third-order valence-corrected chi connectivity index (χ3v) is 7.36. The van der Waals surface area contributed by atoms with Crippen molar-refractivity contribution in [2.45, 2.75) is 37.0 Å². The van der Waals surface area contributed by atoms with Crippen LogP contribution in [-0.2, 0) is 14.8 Å². The molecular formula is C22H25N3O4S. The van der Waals surface area contributed by atoms with Crippen LogP contribution in [0, 0.1) is 5.92 Å². The lowest BCUT2D eigenvalue weighted by Gasteiger charge is -2.26. The van der Waals surface area contributed by atoms with E-state index >= 15 is 0 Å². The second-order valence-electron chi connectivity index (χ2n) is 7.76. The predicted octanol–water partition coefficient (Wildman–Crippen LogP) is 3.46. The Kier molecular flexibility index (Phi) is 5.87. The molecule has 7 nitrogen and oxygen atoms in total. The summed E-state index contributed by atoms with van der Waals surface area (Å²) in [7, 11) is -3.74. The Bertz CT molecular complexity index is 1060. The number of anilines is 2. The molecular weight excluding hydrogens is 402 g/mol. The van der Waals surface area contributed by atoms with Gasteiger partial charge in [0.1, 0.15) is 0 Å². The molecule has 1 heterocycles. The lowest BCUT2D eigenvalue weighted by atomic mass is 10.2. The normalized spacial score (nSPS) is 17.3. The van der Waals surface area contributed by atoms with Crippen molar-refractivity contribution in [3.63, 3.8) is 0 Å². The lowest BCUT2D eigenvalue weighted by Crippen LogP contribution is -2.36. The van der Waals surface area contributed by atoms with Crippen LogP contribution >= 0.6 is 0 Å².